The summed E-state index contributed by atoms with van der Waals surface area (Å²) in [5.74, 6) is -0.312. The van der Waals surface area contributed by atoms with Crippen LogP contribution in [0.15, 0.2) is 17.1 Å². The molecule has 0 fully saturated rings. The molecule has 1 aromatic rings. The number of aromatic nitrogens is 1. The largest absolute Gasteiger partial charge is 0.503 e. The summed E-state index contributed by atoms with van der Waals surface area (Å²) < 4.78 is 11.8. The van der Waals surface area contributed by atoms with E-state index < -0.39 is 5.43 Å². The first kappa shape index (κ1) is 17.6. The molecule has 0 saturated carbocycles. The molecule has 21 heavy (non-hydrogen) atoms. The minimum atomic E-state index is -0.419. The van der Waals surface area contributed by atoms with Gasteiger partial charge < -0.3 is 24.3 Å². The number of aliphatic hydroxyl groups is 1. The van der Waals surface area contributed by atoms with Gasteiger partial charge >= 0.3 is 0 Å². The van der Waals surface area contributed by atoms with Crippen molar-refractivity contribution in [3.8, 4) is 5.75 Å². The Balaban J connectivity index is 2.89. The molecular formula is C14H24N2O5. The highest BCUT2D eigenvalue weighted by Gasteiger charge is 2.11. The number of ether oxygens (including phenoxy) is 2. The molecule has 0 atom stereocenters. The van der Waals surface area contributed by atoms with Gasteiger partial charge in [0.1, 0.15) is 0 Å². The average molecular weight is 300 g/mol. The second-order valence-electron chi connectivity index (χ2n) is 4.69. The molecule has 0 aliphatic heterocycles. The number of rotatable bonds is 10. The molecule has 1 aromatic heterocycles. The van der Waals surface area contributed by atoms with Crippen LogP contribution in [0.2, 0.25) is 0 Å². The fraction of sp³-hybridized carbons (Fsp3) is 0.643. The molecule has 2 N–H and O–H groups in total. The standard InChI is InChI=1S/C14H24N2O5/c1-20-7-4-15(5-8-21-2)10-12-9-13(18)14(19)11-16(12)3-6-17/h9,11,17,19H,3-8,10H2,1-2H3. The van der Waals surface area contributed by atoms with Gasteiger partial charge in [0, 0.05) is 52.2 Å². The van der Waals surface area contributed by atoms with E-state index in [1.165, 1.54) is 12.3 Å². The van der Waals surface area contributed by atoms with E-state index in [0.29, 0.717) is 39.4 Å². The van der Waals surface area contributed by atoms with Crippen LogP contribution in [-0.4, -0.2) is 66.8 Å². The van der Waals surface area contributed by atoms with Crippen molar-refractivity contribution in [1.29, 1.82) is 0 Å². The Morgan fingerprint density at radius 1 is 1.24 bits per heavy atom. The lowest BCUT2D eigenvalue weighted by atomic mass is 10.3. The van der Waals surface area contributed by atoms with Gasteiger partial charge in [-0.15, -0.1) is 0 Å². The van der Waals surface area contributed by atoms with Gasteiger partial charge in [0.05, 0.1) is 26.0 Å². The summed E-state index contributed by atoms with van der Waals surface area (Å²) in [7, 11) is 3.27. The molecule has 0 bridgehead atoms. The van der Waals surface area contributed by atoms with Crippen LogP contribution in [0.1, 0.15) is 5.69 Å². The maximum atomic E-state index is 11.6. The van der Waals surface area contributed by atoms with Gasteiger partial charge in [-0.25, -0.2) is 0 Å². The van der Waals surface area contributed by atoms with Gasteiger partial charge in [-0.05, 0) is 0 Å². The molecule has 0 aliphatic rings. The zero-order chi connectivity index (χ0) is 15.7. The summed E-state index contributed by atoms with van der Waals surface area (Å²) in [6.07, 6.45) is 1.36. The highest BCUT2D eigenvalue weighted by atomic mass is 16.5. The average Bonchev–Trinajstić information content (AvgIpc) is 2.47. The molecule has 7 heteroatoms. The van der Waals surface area contributed by atoms with Crippen LogP contribution < -0.4 is 5.43 Å². The summed E-state index contributed by atoms with van der Waals surface area (Å²) in [6, 6.07) is 1.40. The van der Waals surface area contributed by atoms with E-state index in [-0.39, 0.29) is 12.4 Å². The van der Waals surface area contributed by atoms with Crippen molar-refractivity contribution in [1.82, 2.24) is 9.47 Å². The molecule has 120 valence electrons. The lowest BCUT2D eigenvalue weighted by molar-refractivity contribution is 0.108. The molecule has 1 rings (SSSR count). The number of nitrogens with zero attached hydrogens (tertiary/aromatic N) is 2. The molecule has 0 spiro atoms. The smallest absolute Gasteiger partial charge is 0.223 e. The van der Waals surface area contributed by atoms with Gasteiger partial charge in [0.15, 0.2) is 5.75 Å². The van der Waals surface area contributed by atoms with E-state index in [2.05, 4.69) is 4.90 Å². The van der Waals surface area contributed by atoms with Crippen molar-refractivity contribution in [3.63, 3.8) is 0 Å². The zero-order valence-electron chi connectivity index (χ0n) is 12.6. The Morgan fingerprint density at radius 2 is 1.86 bits per heavy atom. The third kappa shape index (κ3) is 5.84. The highest BCUT2D eigenvalue weighted by Crippen LogP contribution is 2.08. The molecule has 0 aliphatic carbocycles. The van der Waals surface area contributed by atoms with Crippen molar-refractivity contribution in [2.24, 2.45) is 0 Å². The minimum Gasteiger partial charge on any atom is -0.503 e. The highest BCUT2D eigenvalue weighted by molar-refractivity contribution is 5.20. The number of methoxy groups -OCH3 is 2. The lowest BCUT2D eigenvalue weighted by Crippen LogP contribution is -2.32. The minimum absolute atomic E-state index is 0.0640. The maximum Gasteiger partial charge on any atom is 0.223 e. The van der Waals surface area contributed by atoms with Crippen molar-refractivity contribution in [2.45, 2.75) is 13.1 Å². The van der Waals surface area contributed by atoms with E-state index in [1.54, 1.807) is 18.8 Å². The second kappa shape index (κ2) is 9.51. The Kier molecular flexibility index (Phi) is 7.99. The summed E-state index contributed by atoms with van der Waals surface area (Å²) >= 11 is 0. The Hall–Kier alpha value is -1.41. The van der Waals surface area contributed by atoms with Crippen molar-refractivity contribution in [3.05, 3.63) is 28.2 Å². The first-order chi connectivity index (χ1) is 10.1. The van der Waals surface area contributed by atoms with Crippen LogP contribution in [0.5, 0.6) is 5.75 Å². The first-order valence-corrected chi connectivity index (χ1v) is 6.85. The van der Waals surface area contributed by atoms with Crippen LogP contribution >= 0.6 is 0 Å². The normalized spacial score (nSPS) is 11.2. The third-order valence-corrected chi connectivity index (χ3v) is 3.15. The van der Waals surface area contributed by atoms with Gasteiger partial charge in [-0.2, -0.15) is 0 Å². The van der Waals surface area contributed by atoms with Gasteiger partial charge in [-0.3, -0.25) is 9.69 Å². The predicted molar refractivity (Wildman–Crippen MR) is 78.5 cm³/mol. The number of aromatic hydroxyl groups is 1. The van der Waals surface area contributed by atoms with E-state index in [1.807, 2.05) is 0 Å². The van der Waals surface area contributed by atoms with Crippen molar-refractivity contribution in [2.75, 3.05) is 47.1 Å². The van der Waals surface area contributed by atoms with E-state index >= 15 is 0 Å². The van der Waals surface area contributed by atoms with Crippen LogP contribution in [0.25, 0.3) is 0 Å². The quantitative estimate of drug-likeness (QED) is 0.614. The molecule has 0 radical (unpaired) electrons. The van der Waals surface area contributed by atoms with Gasteiger partial charge in [0.25, 0.3) is 0 Å². The molecule has 1 heterocycles. The Labute approximate surface area is 124 Å². The van der Waals surface area contributed by atoms with E-state index in [4.69, 9.17) is 14.6 Å². The number of pyridine rings is 1. The van der Waals surface area contributed by atoms with Gasteiger partial charge in [-0.1, -0.05) is 0 Å². The number of hydrogen-bond acceptors (Lipinski definition) is 6. The summed E-state index contributed by atoms with van der Waals surface area (Å²) in [6.45, 7) is 3.33. The molecule has 7 nitrogen and oxygen atoms in total. The van der Waals surface area contributed by atoms with Crippen LogP contribution in [0.4, 0.5) is 0 Å². The fourth-order valence-electron chi connectivity index (χ4n) is 1.99. The molecule has 0 saturated heterocycles. The van der Waals surface area contributed by atoms with Gasteiger partial charge in [0.2, 0.25) is 5.43 Å². The summed E-state index contributed by atoms with van der Waals surface area (Å²) in [5.41, 5.74) is 0.316. The Bertz CT molecular complexity index is 467. The number of hydrogen-bond donors (Lipinski definition) is 2. The fourth-order valence-corrected chi connectivity index (χ4v) is 1.99. The van der Waals surface area contributed by atoms with Crippen LogP contribution in [0, 0.1) is 0 Å². The molecular weight excluding hydrogens is 276 g/mol. The van der Waals surface area contributed by atoms with Crippen molar-refractivity contribution >= 4 is 0 Å². The molecule has 0 unspecified atom stereocenters. The Morgan fingerprint density at radius 3 is 2.38 bits per heavy atom. The SMILES string of the molecule is COCCN(CCOC)Cc1cc(=O)c(O)cn1CCO. The first-order valence-electron chi connectivity index (χ1n) is 6.85. The monoisotopic (exact) mass is 300 g/mol. The zero-order valence-corrected chi connectivity index (χ0v) is 12.6. The number of aliphatic hydroxyl groups excluding tert-OH is 1. The van der Waals surface area contributed by atoms with Crippen molar-refractivity contribution < 1.29 is 19.7 Å². The van der Waals surface area contributed by atoms with Crippen LogP contribution in [0.3, 0.4) is 0 Å². The second-order valence-corrected chi connectivity index (χ2v) is 4.69. The van der Waals surface area contributed by atoms with E-state index in [0.717, 1.165) is 5.69 Å². The molecule has 0 amide bonds. The topological polar surface area (TPSA) is 84.2 Å². The van der Waals surface area contributed by atoms with Crippen LogP contribution in [-0.2, 0) is 22.6 Å². The predicted octanol–water partition coefficient (Wildman–Crippen LogP) is -0.359. The molecule has 0 aromatic carbocycles. The third-order valence-electron chi connectivity index (χ3n) is 3.15. The lowest BCUT2D eigenvalue weighted by Gasteiger charge is -2.23. The summed E-state index contributed by atoms with van der Waals surface area (Å²) in [4.78, 5) is 13.7. The summed E-state index contributed by atoms with van der Waals surface area (Å²) in [5, 5.41) is 18.6. The van der Waals surface area contributed by atoms with E-state index in [9.17, 15) is 9.90 Å². The maximum absolute atomic E-state index is 11.6.